The lowest BCUT2D eigenvalue weighted by Crippen LogP contribution is -2.68. The van der Waals surface area contributed by atoms with Gasteiger partial charge < -0.3 is 14.7 Å². The number of ether oxygens (including phenoxy) is 1. The largest absolute Gasteiger partial charge is 0.478 e. The predicted molar refractivity (Wildman–Crippen MR) is 101 cm³/mol. The number of urea groups is 1. The van der Waals surface area contributed by atoms with Crippen LogP contribution in [0.2, 0.25) is 5.02 Å². The molecule has 1 N–H and O–H groups in total. The molecule has 0 unspecified atom stereocenters. The van der Waals surface area contributed by atoms with Gasteiger partial charge in [0.2, 0.25) is 0 Å². The monoisotopic (exact) mass is 422 g/mol. The minimum atomic E-state index is -1.25. The molecule has 6 nitrogen and oxygen atoms in total. The number of halogens is 3. The SMILES string of the molecule is O=C(O)c1ccc(CN(C(=O)N2CC3(COC3)C2)c2ccc(F)c(Cl)c2)c(F)c1. The third-order valence-electron chi connectivity index (χ3n) is 5.21. The van der Waals surface area contributed by atoms with Crippen molar-refractivity contribution < 1.29 is 28.2 Å². The molecule has 0 saturated carbocycles. The third-order valence-corrected chi connectivity index (χ3v) is 5.50. The Kier molecular flexibility index (Phi) is 4.92. The molecule has 152 valence electrons. The van der Waals surface area contributed by atoms with Gasteiger partial charge in [0.15, 0.2) is 0 Å². The van der Waals surface area contributed by atoms with Crippen molar-refractivity contribution in [1.82, 2.24) is 4.90 Å². The zero-order valence-corrected chi connectivity index (χ0v) is 16.0. The number of aromatic carboxylic acids is 1. The Hall–Kier alpha value is -2.71. The van der Waals surface area contributed by atoms with Crippen LogP contribution < -0.4 is 4.90 Å². The number of benzene rings is 2. The third kappa shape index (κ3) is 3.65. The van der Waals surface area contributed by atoms with E-state index in [1.54, 1.807) is 4.90 Å². The van der Waals surface area contributed by atoms with Gasteiger partial charge in [-0.05, 0) is 30.3 Å². The van der Waals surface area contributed by atoms with Crippen LogP contribution in [-0.2, 0) is 11.3 Å². The van der Waals surface area contributed by atoms with Gasteiger partial charge >= 0.3 is 12.0 Å². The molecule has 0 aromatic heterocycles. The average molecular weight is 423 g/mol. The number of carbonyl (C=O) groups excluding carboxylic acids is 1. The molecule has 2 amide bonds. The number of carbonyl (C=O) groups is 2. The van der Waals surface area contributed by atoms with Crippen LogP contribution in [0.4, 0.5) is 19.3 Å². The summed E-state index contributed by atoms with van der Waals surface area (Å²) in [6, 6.07) is 6.96. The van der Waals surface area contributed by atoms with Gasteiger partial charge in [0, 0.05) is 24.3 Å². The first-order valence-corrected chi connectivity index (χ1v) is 9.27. The lowest BCUT2D eigenvalue weighted by atomic mass is 9.78. The van der Waals surface area contributed by atoms with Crippen LogP contribution in [0.3, 0.4) is 0 Å². The minimum absolute atomic E-state index is 0.00381. The van der Waals surface area contributed by atoms with E-state index in [9.17, 15) is 18.4 Å². The van der Waals surface area contributed by atoms with Crippen molar-refractivity contribution in [2.24, 2.45) is 5.41 Å². The average Bonchev–Trinajstić information content (AvgIpc) is 2.60. The van der Waals surface area contributed by atoms with E-state index < -0.39 is 17.6 Å². The van der Waals surface area contributed by atoms with E-state index in [1.165, 1.54) is 29.2 Å². The van der Waals surface area contributed by atoms with E-state index in [1.807, 2.05) is 0 Å². The maximum absolute atomic E-state index is 14.5. The Morgan fingerprint density at radius 2 is 1.86 bits per heavy atom. The van der Waals surface area contributed by atoms with Crippen LogP contribution in [0.15, 0.2) is 36.4 Å². The lowest BCUT2D eigenvalue weighted by Gasteiger charge is -2.55. The van der Waals surface area contributed by atoms with Gasteiger partial charge in [0.1, 0.15) is 11.6 Å². The molecule has 0 radical (unpaired) electrons. The number of carboxylic acid groups (broad SMARTS) is 1. The smallest absolute Gasteiger partial charge is 0.335 e. The molecule has 2 aromatic carbocycles. The van der Waals surface area contributed by atoms with E-state index >= 15 is 0 Å². The van der Waals surface area contributed by atoms with E-state index in [4.69, 9.17) is 21.4 Å². The predicted octanol–water partition coefficient (Wildman–Crippen LogP) is 3.78. The molecule has 1 spiro atoms. The summed E-state index contributed by atoms with van der Waals surface area (Å²) in [7, 11) is 0. The van der Waals surface area contributed by atoms with Crippen LogP contribution in [0.5, 0.6) is 0 Å². The summed E-state index contributed by atoms with van der Waals surface area (Å²) in [5.74, 6) is -2.62. The molecule has 29 heavy (non-hydrogen) atoms. The molecular formula is C20H17ClF2N2O4. The molecule has 0 bridgehead atoms. The maximum atomic E-state index is 14.5. The summed E-state index contributed by atoms with van der Waals surface area (Å²) >= 11 is 5.87. The van der Waals surface area contributed by atoms with Crippen molar-refractivity contribution in [2.75, 3.05) is 31.2 Å². The quantitative estimate of drug-likeness (QED) is 0.814. The number of carboxylic acids is 1. The van der Waals surface area contributed by atoms with Crippen LogP contribution in [0.1, 0.15) is 15.9 Å². The van der Waals surface area contributed by atoms with Crippen molar-refractivity contribution in [1.29, 1.82) is 0 Å². The van der Waals surface area contributed by atoms with Gasteiger partial charge in [-0.2, -0.15) is 0 Å². The van der Waals surface area contributed by atoms with Crippen molar-refractivity contribution in [3.05, 3.63) is 64.2 Å². The zero-order chi connectivity index (χ0) is 20.8. The Morgan fingerprint density at radius 3 is 2.41 bits per heavy atom. The summed E-state index contributed by atoms with van der Waals surface area (Å²) in [6.07, 6.45) is 0. The Labute approximate surface area is 170 Å². The number of anilines is 1. The summed E-state index contributed by atoms with van der Waals surface area (Å²) in [5, 5.41) is 8.84. The van der Waals surface area contributed by atoms with Crippen molar-refractivity contribution in [3.8, 4) is 0 Å². The molecule has 4 rings (SSSR count). The van der Waals surface area contributed by atoms with Crippen molar-refractivity contribution >= 4 is 29.3 Å². The van der Waals surface area contributed by atoms with E-state index in [2.05, 4.69) is 0 Å². The standard InChI is InChI=1S/C20H17ClF2N2O4/c21-15-6-14(3-4-16(15)22)25(19(28)24-8-20(9-24)10-29-11-20)7-13-2-1-12(18(26)27)5-17(13)23/h1-6H,7-11H2,(H,26,27). The summed E-state index contributed by atoms with van der Waals surface area (Å²) in [4.78, 5) is 27.0. The number of hydrogen-bond acceptors (Lipinski definition) is 3. The molecule has 2 aliphatic rings. The normalized spacial score (nSPS) is 16.9. The second-order valence-corrected chi connectivity index (χ2v) is 7.83. The van der Waals surface area contributed by atoms with Gasteiger partial charge in [0.05, 0.1) is 35.8 Å². The van der Waals surface area contributed by atoms with Crippen LogP contribution in [0.25, 0.3) is 0 Å². The number of nitrogens with zero attached hydrogens (tertiary/aromatic N) is 2. The summed E-state index contributed by atoms with van der Waals surface area (Å²) in [6.45, 7) is 2.09. The van der Waals surface area contributed by atoms with Gasteiger partial charge in [-0.15, -0.1) is 0 Å². The van der Waals surface area contributed by atoms with Crippen LogP contribution in [0, 0.1) is 17.0 Å². The number of hydrogen-bond donors (Lipinski definition) is 1. The maximum Gasteiger partial charge on any atom is 0.335 e. The fourth-order valence-corrected chi connectivity index (χ4v) is 3.72. The van der Waals surface area contributed by atoms with Crippen molar-refractivity contribution in [2.45, 2.75) is 6.54 Å². The molecule has 2 aromatic rings. The summed E-state index contributed by atoms with van der Waals surface area (Å²) < 4.78 is 33.3. The van der Waals surface area contributed by atoms with Gasteiger partial charge in [-0.3, -0.25) is 4.90 Å². The minimum Gasteiger partial charge on any atom is -0.478 e. The van der Waals surface area contributed by atoms with Crippen LogP contribution >= 0.6 is 11.6 Å². The molecule has 9 heteroatoms. The first-order valence-electron chi connectivity index (χ1n) is 8.89. The van der Waals surface area contributed by atoms with Gasteiger partial charge in [-0.1, -0.05) is 17.7 Å². The van der Waals surface area contributed by atoms with E-state index in [0.29, 0.717) is 32.0 Å². The van der Waals surface area contributed by atoms with Crippen molar-refractivity contribution in [3.63, 3.8) is 0 Å². The molecule has 2 saturated heterocycles. The Balaban J connectivity index is 1.62. The lowest BCUT2D eigenvalue weighted by molar-refractivity contribution is -0.174. The summed E-state index contributed by atoms with van der Waals surface area (Å²) in [5.41, 5.74) is 0.249. The highest BCUT2D eigenvalue weighted by Gasteiger charge is 2.51. The van der Waals surface area contributed by atoms with Gasteiger partial charge in [0.25, 0.3) is 0 Å². The molecule has 2 heterocycles. The molecule has 2 fully saturated rings. The Morgan fingerprint density at radius 1 is 1.14 bits per heavy atom. The van der Waals surface area contributed by atoms with Crippen LogP contribution in [-0.4, -0.2) is 48.3 Å². The number of rotatable bonds is 4. The zero-order valence-electron chi connectivity index (χ0n) is 15.2. The first kappa shape index (κ1) is 19.6. The fourth-order valence-electron chi connectivity index (χ4n) is 3.54. The van der Waals surface area contributed by atoms with E-state index in [0.717, 1.165) is 12.1 Å². The van der Waals surface area contributed by atoms with E-state index in [-0.39, 0.29) is 34.1 Å². The molecule has 2 aliphatic heterocycles. The number of amides is 2. The highest BCUT2D eigenvalue weighted by molar-refractivity contribution is 6.31. The number of likely N-dealkylation sites (tertiary alicyclic amines) is 1. The molecule has 0 aliphatic carbocycles. The molecular weight excluding hydrogens is 406 g/mol. The fraction of sp³-hybridized carbons (Fsp3) is 0.300. The first-order chi connectivity index (χ1) is 13.8. The highest BCUT2D eigenvalue weighted by Crippen LogP contribution is 2.39. The Bertz CT molecular complexity index is 988. The second kappa shape index (κ2) is 7.27. The highest BCUT2D eigenvalue weighted by atomic mass is 35.5. The topological polar surface area (TPSA) is 70.1 Å². The molecule has 0 atom stereocenters. The second-order valence-electron chi connectivity index (χ2n) is 7.43. The van der Waals surface area contributed by atoms with Gasteiger partial charge in [-0.25, -0.2) is 18.4 Å².